The Balaban J connectivity index is 1.54. The van der Waals surface area contributed by atoms with Crippen LogP contribution in [0.2, 0.25) is 5.02 Å². The maximum atomic E-state index is 12.3. The van der Waals surface area contributed by atoms with E-state index >= 15 is 0 Å². The maximum absolute atomic E-state index is 12.3. The van der Waals surface area contributed by atoms with E-state index in [0.717, 1.165) is 31.9 Å². The van der Waals surface area contributed by atoms with Gasteiger partial charge in [0.15, 0.2) is 6.61 Å². The second kappa shape index (κ2) is 9.37. The van der Waals surface area contributed by atoms with E-state index in [4.69, 9.17) is 21.1 Å². The van der Waals surface area contributed by atoms with Gasteiger partial charge in [-0.3, -0.25) is 9.69 Å². The van der Waals surface area contributed by atoms with Crippen LogP contribution in [0.5, 0.6) is 5.75 Å². The minimum atomic E-state index is -0.155. The van der Waals surface area contributed by atoms with Crippen LogP contribution >= 0.6 is 22.9 Å². The second-order valence-corrected chi connectivity index (χ2v) is 7.59. The summed E-state index contributed by atoms with van der Waals surface area (Å²) < 4.78 is 11.0. The van der Waals surface area contributed by atoms with Crippen molar-refractivity contribution in [1.82, 2.24) is 10.2 Å². The van der Waals surface area contributed by atoms with Crippen molar-refractivity contribution in [3.63, 3.8) is 0 Å². The lowest BCUT2D eigenvalue weighted by Crippen LogP contribution is -2.44. The molecule has 0 aliphatic carbocycles. The molecule has 1 aromatic heterocycles. The van der Waals surface area contributed by atoms with Crippen molar-refractivity contribution in [3.05, 3.63) is 51.2 Å². The summed E-state index contributed by atoms with van der Waals surface area (Å²) in [5, 5.41) is 5.56. The molecule has 1 fully saturated rings. The lowest BCUT2D eigenvalue weighted by molar-refractivity contribution is -0.123. The largest absolute Gasteiger partial charge is 0.482 e. The number of benzene rings is 1. The fraction of sp³-hybridized carbons (Fsp3) is 0.421. The summed E-state index contributed by atoms with van der Waals surface area (Å²) in [5.41, 5.74) is 1.04. The van der Waals surface area contributed by atoms with Crippen LogP contribution in [-0.4, -0.2) is 50.3 Å². The Kier molecular flexibility index (Phi) is 6.91. The first-order valence-corrected chi connectivity index (χ1v) is 9.90. The Morgan fingerprint density at radius 3 is 2.92 bits per heavy atom. The van der Waals surface area contributed by atoms with Crippen LogP contribution in [0.3, 0.4) is 0 Å². The van der Waals surface area contributed by atoms with Crippen molar-refractivity contribution in [2.75, 3.05) is 39.5 Å². The molecule has 0 saturated carbocycles. The van der Waals surface area contributed by atoms with Gasteiger partial charge in [-0.1, -0.05) is 23.7 Å². The number of rotatable bonds is 7. The monoisotopic (exact) mass is 394 g/mol. The minimum Gasteiger partial charge on any atom is -0.482 e. The fourth-order valence-electron chi connectivity index (χ4n) is 2.91. The van der Waals surface area contributed by atoms with E-state index < -0.39 is 0 Å². The Bertz CT molecular complexity index is 718. The van der Waals surface area contributed by atoms with Crippen LogP contribution in [0.25, 0.3) is 0 Å². The Labute approximate surface area is 162 Å². The van der Waals surface area contributed by atoms with E-state index in [1.807, 2.05) is 25.1 Å². The third-order valence-corrected chi connectivity index (χ3v) is 5.58. The molecule has 5 nitrogen and oxygen atoms in total. The quantitative estimate of drug-likeness (QED) is 0.783. The van der Waals surface area contributed by atoms with Crippen molar-refractivity contribution in [2.45, 2.75) is 13.0 Å². The highest BCUT2D eigenvalue weighted by atomic mass is 35.5. The maximum Gasteiger partial charge on any atom is 0.258 e. The van der Waals surface area contributed by atoms with E-state index in [0.29, 0.717) is 17.3 Å². The van der Waals surface area contributed by atoms with E-state index in [1.54, 1.807) is 17.4 Å². The molecule has 0 bridgehead atoms. The molecule has 2 heterocycles. The van der Waals surface area contributed by atoms with Crippen molar-refractivity contribution in [3.8, 4) is 5.75 Å². The highest BCUT2D eigenvalue weighted by molar-refractivity contribution is 7.10. The van der Waals surface area contributed by atoms with Gasteiger partial charge in [-0.25, -0.2) is 0 Å². The Morgan fingerprint density at radius 1 is 1.38 bits per heavy atom. The van der Waals surface area contributed by atoms with Crippen LogP contribution in [0.15, 0.2) is 35.7 Å². The molecular formula is C19H23ClN2O3S. The fourth-order valence-corrected chi connectivity index (χ4v) is 3.94. The van der Waals surface area contributed by atoms with Crippen molar-refractivity contribution in [1.29, 1.82) is 0 Å². The van der Waals surface area contributed by atoms with Crippen molar-refractivity contribution in [2.24, 2.45) is 0 Å². The Hall–Kier alpha value is -1.60. The second-order valence-electron chi connectivity index (χ2n) is 6.21. The van der Waals surface area contributed by atoms with Gasteiger partial charge in [0, 0.05) is 24.5 Å². The van der Waals surface area contributed by atoms with Gasteiger partial charge in [0.1, 0.15) is 5.75 Å². The summed E-state index contributed by atoms with van der Waals surface area (Å²) in [6.45, 7) is 5.64. The molecule has 3 rings (SSSR count). The number of morpholine rings is 1. The first-order valence-electron chi connectivity index (χ1n) is 8.64. The molecule has 140 valence electrons. The first-order chi connectivity index (χ1) is 12.6. The van der Waals surface area contributed by atoms with Crippen LogP contribution < -0.4 is 10.1 Å². The Morgan fingerprint density at radius 2 is 2.19 bits per heavy atom. The minimum absolute atomic E-state index is 0.0521. The van der Waals surface area contributed by atoms with E-state index in [2.05, 4.69) is 21.7 Å². The number of aryl methyl sites for hydroxylation is 1. The number of thiophene rings is 1. The highest BCUT2D eigenvalue weighted by Gasteiger charge is 2.24. The molecule has 7 heteroatoms. The molecule has 1 saturated heterocycles. The lowest BCUT2D eigenvalue weighted by atomic mass is 10.2. The van der Waals surface area contributed by atoms with Crippen LogP contribution in [0, 0.1) is 6.92 Å². The van der Waals surface area contributed by atoms with Crippen LogP contribution in [-0.2, 0) is 9.53 Å². The number of amides is 1. The zero-order valence-corrected chi connectivity index (χ0v) is 16.3. The predicted octanol–water partition coefficient (Wildman–Crippen LogP) is 3.28. The number of ether oxygens (including phenoxy) is 2. The molecule has 1 amide bonds. The number of halogens is 1. The number of carbonyl (C=O) groups excluding carboxylic acids is 1. The topological polar surface area (TPSA) is 50.8 Å². The van der Waals surface area contributed by atoms with Gasteiger partial charge in [0.2, 0.25) is 0 Å². The van der Waals surface area contributed by atoms with Gasteiger partial charge in [0.05, 0.1) is 24.3 Å². The van der Waals surface area contributed by atoms with E-state index in [1.165, 1.54) is 4.88 Å². The molecular weight excluding hydrogens is 372 g/mol. The highest BCUT2D eigenvalue weighted by Crippen LogP contribution is 2.26. The van der Waals surface area contributed by atoms with Crippen molar-refractivity contribution >= 4 is 28.8 Å². The predicted molar refractivity (Wildman–Crippen MR) is 104 cm³/mol. The molecule has 0 radical (unpaired) electrons. The summed E-state index contributed by atoms with van der Waals surface area (Å²) in [6.07, 6.45) is 0. The summed E-state index contributed by atoms with van der Waals surface area (Å²) in [4.78, 5) is 15.9. The van der Waals surface area contributed by atoms with E-state index in [9.17, 15) is 4.79 Å². The van der Waals surface area contributed by atoms with Gasteiger partial charge in [-0.2, -0.15) is 0 Å². The molecule has 1 atom stereocenters. The number of hydrogen-bond donors (Lipinski definition) is 1. The lowest BCUT2D eigenvalue weighted by Gasteiger charge is -2.34. The molecule has 1 unspecified atom stereocenters. The average Bonchev–Trinajstić information content (AvgIpc) is 3.18. The molecule has 1 aliphatic heterocycles. The van der Waals surface area contributed by atoms with Crippen LogP contribution in [0.1, 0.15) is 16.5 Å². The molecule has 2 aromatic rings. The zero-order valence-electron chi connectivity index (χ0n) is 14.7. The van der Waals surface area contributed by atoms with E-state index in [-0.39, 0.29) is 18.6 Å². The number of nitrogens with zero attached hydrogens (tertiary/aromatic N) is 1. The molecule has 0 spiro atoms. The smallest absolute Gasteiger partial charge is 0.258 e. The normalized spacial score (nSPS) is 16.2. The summed E-state index contributed by atoms with van der Waals surface area (Å²) in [6, 6.07) is 9.82. The number of carbonyl (C=O) groups is 1. The van der Waals surface area contributed by atoms with Gasteiger partial charge in [-0.15, -0.1) is 11.3 Å². The average molecular weight is 395 g/mol. The molecule has 26 heavy (non-hydrogen) atoms. The molecule has 1 N–H and O–H groups in total. The SMILES string of the molecule is Cc1ccc(Cl)c(OCC(=O)NCC(c2cccs2)N2CCOCC2)c1. The van der Waals surface area contributed by atoms with Gasteiger partial charge in [0.25, 0.3) is 5.91 Å². The van der Waals surface area contributed by atoms with Gasteiger partial charge >= 0.3 is 0 Å². The van der Waals surface area contributed by atoms with Crippen molar-refractivity contribution < 1.29 is 14.3 Å². The first kappa shape index (κ1) is 19.2. The zero-order chi connectivity index (χ0) is 18.4. The standard InChI is InChI=1S/C19H23ClN2O3S/c1-14-4-5-15(20)17(11-14)25-13-19(23)21-12-16(18-3-2-10-26-18)22-6-8-24-9-7-22/h2-5,10-11,16H,6-9,12-13H2,1H3,(H,21,23). The van der Waals surface area contributed by atoms with Crippen LogP contribution in [0.4, 0.5) is 0 Å². The number of hydrogen-bond acceptors (Lipinski definition) is 5. The summed E-state index contributed by atoms with van der Waals surface area (Å²) in [7, 11) is 0. The molecule has 1 aromatic carbocycles. The molecule has 1 aliphatic rings. The van der Waals surface area contributed by atoms with Gasteiger partial charge < -0.3 is 14.8 Å². The third kappa shape index (κ3) is 5.20. The summed E-state index contributed by atoms with van der Waals surface area (Å²) in [5.74, 6) is 0.377. The number of nitrogens with one attached hydrogen (secondary N) is 1. The summed E-state index contributed by atoms with van der Waals surface area (Å²) >= 11 is 7.81. The van der Waals surface area contributed by atoms with Gasteiger partial charge in [-0.05, 0) is 36.1 Å². The third-order valence-electron chi connectivity index (χ3n) is 4.30.